The second-order valence-electron chi connectivity index (χ2n) is 7.53. The van der Waals surface area contributed by atoms with Gasteiger partial charge < -0.3 is 5.11 Å². The van der Waals surface area contributed by atoms with Crippen LogP contribution in [0.4, 0.5) is 0 Å². The normalized spacial score (nSPS) is 14.7. The molecule has 4 nitrogen and oxygen atoms in total. The summed E-state index contributed by atoms with van der Waals surface area (Å²) >= 11 is 0. The Morgan fingerprint density at radius 1 is 1.11 bits per heavy atom. The number of hydrogen-bond acceptors (Lipinski definition) is 3. The van der Waals surface area contributed by atoms with Crippen molar-refractivity contribution in [1.82, 2.24) is 4.57 Å². The summed E-state index contributed by atoms with van der Waals surface area (Å²) in [7, 11) is 0. The fraction of sp³-hybridized carbons (Fsp3) is 0.304. The predicted octanol–water partition coefficient (Wildman–Crippen LogP) is 4.74. The number of fused-ring (bicyclic) bond motifs is 1. The molecule has 0 saturated heterocycles. The van der Waals surface area contributed by atoms with Gasteiger partial charge in [-0.1, -0.05) is 29.8 Å². The van der Waals surface area contributed by atoms with Crippen LogP contribution in [0.25, 0.3) is 16.6 Å². The molecular weight excluding hydrogens is 336 g/mol. The number of carbonyl (C=O) groups excluding carboxylic acids is 1. The Hall–Kier alpha value is -2.88. The molecule has 0 aliphatic heterocycles. The molecule has 0 bridgehead atoms. The predicted molar refractivity (Wildman–Crippen MR) is 109 cm³/mol. The molecule has 1 aromatic heterocycles. The highest BCUT2D eigenvalue weighted by Gasteiger charge is 2.29. The molecule has 2 aromatic carbocycles. The summed E-state index contributed by atoms with van der Waals surface area (Å²) in [6.45, 7) is 6.14. The van der Waals surface area contributed by atoms with E-state index in [9.17, 15) is 9.90 Å². The summed E-state index contributed by atoms with van der Waals surface area (Å²) in [6.07, 6.45) is 1.98. The lowest BCUT2D eigenvalue weighted by Gasteiger charge is -2.08. The van der Waals surface area contributed by atoms with Crippen LogP contribution in [0.2, 0.25) is 0 Å². The van der Waals surface area contributed by atoms with Crippen molar-refractivity contribution >= 4 is 22.4 Å². The van der Waals surface area contributed by atoms with Gasteiger partial charge in [-0.2, -0.15) is 0 Å². The molecule has 1 saturated carbocycles. The molecule has 0 spiro atoms. The van der Waals surface area contributed by atoms with Crippen LogP contribution >= 0.6 is 0 Å². The van der Waals surface area contributed by atoms with Crippen LogP contribution in [0.15, 0.2) is 47.5 Å². The van der Waals surface area contributed by atoms with Gasteiger partial charge in [0.05, 0.1) is 17.6 Å². The van der Waals surface area contributed by atoms with Crippen molar-refractivity contribution in [2.45, 2.75) is 33.6 Å². The van der Waals surface area contributed by atoms with Gasteiger partial charge in [0.25, 0.3) is 0 Å². The van der Waals surface area contributed by atoms with E-state index >= 15 is 0 Å². The molecule has 1 N–H and O–H groups in total. The van der Waals surface area contributed by atoms with Gasteiger partial charge >= 0.3 is 0 Å². The number of aryl methyl sites for hydroxylation is 2. The molecule has 27 heavy (non-hydrogen) atoms. The van der Waals surface area contributed by atoms with E-state index in [1.165, 1.54) is 5.56 Å². The fourth-order valence-corrected chi connectivity index (χ4v) is 3.51. The molecule has 3 aromatic rings. The molecule has 0 unspecified atom stereocenters. The number of Topliss-reactive ketones (excluding diaryl/α,β-unsaturated/α-hetero) is 1. The first kappa shape index (κ1) is 17.5. The number of nitrogens with zero attached hydrogens (tertiary/aromatic N) is 2. The molecule has 1 heterocycles. The van der Waals surface area contributed by atoms with E-state index in [0.29, 0.717) is 11.3 Å². The smallest absolute Gasteiger partial charge is 0.206 e. The number of aromatic nitrogens is 1. The number of ketones is 1. The van der Waals surface area contributed by atoms with E-state index in [-0.39, 0.29) is 24.1 Å². The Labute approximate surface area is 159 Å². The first-order valence-corrected chi connectivity index (χ1v) is 9.41. The van der Waals surface area contributed by atoms with Gasteiger partial charge in [0.15, 0.2) is 5.78 Å². The monoisotopic (exact) mass is 360 g/mol. The van der Waals surface area contributed by atoms with Crippen LogP contribution < -0.4 is 0 Å². The Kier molecular flexibility index (Phi) is 4.34. The highest BCUT2D eigenvalue weighted by atomic mass is 16.3. The van der Waals surface area contributed by atoms with E-state index in [1.807, 2.05) is 61.7 Å². The number of carbonyl (C=O) groups is 1. The molecule has 4 heteroatoms. The summed E-state index contributed by atoms with van der Waals surface area (Å²) in [5.41, 5.74) is 5.53. The van der Waals surface area contributed by atoms with Gasteiger partial charge in [-0.3, -0.25) is 14.4 Å². The third kappa shape index (κ3) is 3.27. The Morgan fingerprint density at radius 3 is 2.44 bits per heavy atom. The van der Waals surface area contributed by atoms with Gasteiger partial charge in [0.1, 0.15) is 0 Å². The van der Waals surface area contributed by atoms with Gasteiger partial charge in [-0.25, -0.2) is 0 Å². The van der Waals surface area contributed by atoms with Crippen LogP contribution in [-0.4, -0.2) is 27.7 Å². The molecule has 1 fully saturated rings. The quantitative estimate of drug-likeness (QED) is 0.668. The molecule has 1 aliphatic carbocycles. The minimum absolute atomic E-state index is 0.166. The van der Waals surface area contributed by atoms with Crippen LogP contribution in [0.3, 0.4) is 0 Å². The average molecular weight is 360 g/mol. The molecule has 138 valence electrons. The Morgan fingerprint density at radius 2 is 1.78 bits per heavy atom. The maximum Gasteiger partial charge on any atom is 0.206 e. The van der Waals surface area contributed by atoms with Crippen LogP contribution in [0.1, 0.15) is 36.5 Å². The number of hydrogen-bond donors (Lipinski definition) is 1. The second kappa shape index (κ2) is 6.69. The van der Waals surface area contributed by atoms with Gasteiger partial charge in [-0.05, 0) is 57.4 Å². The molecular formula is C23H24N2O2. The van der Waals surface area contributed by atoms with Crippen LogP contribution in [0.5, 0.6) is 5.88 Å². The third-order valence-electron chi connectivity index (χ3n) is 5.26. The topological polar surface area (TPSA) is 54.6 Å². The largest absolute Gasteiger partial charge is 0.494 e. The number of aromatic hydroxyl groups is 1. The molecule has 0 amide bonds. The minimum Gasteiger partial charge on any atom is -0.494 e. The van der Waals surface area contributed by atoms with Gasteiger partial charge in [-0.15, -0.1) is 0 Å². The Balaban J connectivity index is 1.85. The first-order chi connectivity index (χ1) is 13.0. The highest BCUT2D eigenvalue weighted by Crippen LogP contribution is 2.36. The van der Waals surface area contributed by atoms with Crippen LogP contribution in [-0.2, 0) is 4.79 Å². The standard InChI is InChI=1S/C23H24N2O2/c1-14-4-9-18(10-5-14)25-20-12-15(2)6-11-19(20)22(23(25)27)16(3)24-13-21(26)17-7-8-17/h4-6,9-12,17,27H,7-8,13H2,1-3H3. The maximum absolute atomic E-state index is 12.0. The average Bonchev–Trinajstić information content (AvgIpc) is 3.45. The maximum atomic E-state index is 12.0. The summed E-state index contributed by atoms with van der Waals surface area (Å²) in [5, 5.41) is 12.0. The van der Waals surface area contributed by atoms with Crippen molar-refractivity contribution < 1.29 is 9.90 Å². The lowest BCUT2D eigenvalue weighted by molar-refractivity contribution is -0.118. The van der Waals surface area contributed by atoms with E-state index in [0.717, 1.165) is 35.0 Å². The Bertz CT molecular complexity index is 1050. The van der Waals surface area contributed by atoms with E-state index in [2.05, 4.69) is 11.1 Å². The third-order valence-corrected chi connectivity index (χ3v) is 5.26. The number of aliphatic imine (C=N–C) groups is 1. The van der Waals surface area contributed by atoms with E-state index in [4.69, 9.17) is 0 Å². The zero-order valence-electron chi connectivity index (χ0n) is 16.0. The van der Waals surface area contributed by atoms with Gasteiger partial charge in [0.2, 0.25) is 5.88 Å². The van der Waals surface area contributed by atoms with Crippen molar-refractivity contribution in [3.8, 4) is 11.6 Å². The van der Waals surface area contributed by atoms with Crippen molar-refractivity contribution in [3.63, 3.8) is 0 Å². The van der Waals surface area contributed by atoms with E-state index in [1.54, 1.807) is 0 Å². The molecule has 1 aliphatic rings. The lowest BCUT2D eigenvalue weighted by Crippen LogP contribution is -2.07. The van der Waals surface area contributed by atoms with Crippen molar-refractivity contribution in [2.24, 2.45) is 10.9 Å². The van der Waals surface area contributed by atoms with Gasteiger partial charge in [0, 0.05) is 22.7 Å². The fourth-order valence-electron chi connectivity index (χ4n) is 3.51. The summed E-state index contributed by atoms with van der Waals surface area (Å²) in [5.74, 6) is 0.568. The number of rotatable bonds is 5. The van der Waals surface area contributed by atoms with Crippen molar-refractivity contribution in [1.29, 1.82) is 0 Å². The first-order valence-electron chi connectivity index (χ1n) is 9.41. The van der Waals surface area contributed by atoms with Crippen LogP contribution in [0, 0.1) is 19.8 Å². The minimum atomic E-state index is 0.166. The number of benzene rings is 2. The van der Waals surface area contributed by atoms with Crippen molar-refractivity contribution in [3.05, 3.63) is 59.2 Å². The molecule has 4 rings (SSSR count). The SMILES string of the molecule is CC(=NCC(=O)C1CC1)c1c(O)n(-c2ccc(C)cc2)c2cc(C)ccc12. The van der Waals surface area contributed by atoms with Crippen molar-refractivity contribution in [2.75, 3.05) is 6.54 Å². The zero-order valence-corrected chi connectivity index (χ0v) is 16.0. The summed E-state index contributed by atoms with van der Waals surface area (Å²) in [4.78, 5) is 16.5. The second-order valence-corrected chi connectivity index (χ2v) is 7.53. The summed E-state index contributed by atoms with van der Waals surface area (Å²) in [6, 6.07) is 14.2. The molecule has 0 atom stereocenters. The van der Waals surface area contributed by atoms with E-state index < -0.39 is 0 Å². The summed E-state index contributed by atoms with van der Waals surface area (Å²) < 4.78 is 1.86. The lowest BCUT2D eigenvalue weighted by atomic mass is 10.1. The molecule has 0 radical (unpaired) electrons. The highest BCUT2D eigenvalue weighted by molar-refractivity contribution is 6.13. The zero-order chi connectivity index (χ0) is 19.1.